The van der Waals surface area contributed by atoms with Gasteiger partial charge in [0.15, 0.2) is 23.6 Å². The molecule has 98 valence electrons. The number of nitrogens with zero attached hydrogens (tertiary/aromatic N) is 2. The number of benzene rings is 1. The Bertz CT molecular complexity index is 617. The molecule has 0 N–H and O–H groups in total. The summed E-state index contributed by atoms with van der Waals surface area (Å²) in [5, 5.41) is 0.386. The average molecular weight is 279 g/mol. The number of aldehydes is 1. The third kappa shape index (κ3) is 2.66. The third-order valence-corrected chi connectivity index (χ3v) is 2.77. The molecule has 1 heterocycles. The molecule has 2 aromatic rings. The van der Waals surface area contributed by atoms with E-state index in [9.17, 15) is 4.79 Å². The van der Waals surface area contributed by atoms with Crippen LogP contribution in [-0.2, 0) is 0 Å². The number of rotatable bonds is 4. The van der Waals surface area contributed by atoms with Crippen LogP contribution in [0, 0.1) is 0 Å². The molecule has 0 amide bonds. The first-order valence-corrected chi connectivity index (χ1v) is 5.77. The number of carbonyl (C=O) groups is 1. The molecule has 0 saturated heterocycles. The molecule has 6 heteroatoms. The molecule has 0 fully saturated rings. The SMILES string of the molecule is COc1cc(-c2nccc(C=O)n2)cc(Cl)c1OC. The van der Waals surface area contributed by atoms with Crippen LogP contribution in [0.1, 0.15) is 10.5 Å². The molecule has 2 rings (SSSR count). The molecule has 0 radical (unpaired) electrons. The fourth-order valence-electron chi connectivity index (χ4n) is 1.62. The third-order valence-electron chi connectivity index (χ3n) is 2.49. The molecule has 0 aliphatic carbocycles. The average Bonchev–Trinajstić information content (AvgIpc) is 2.46. The lowest BCUT2D eigenvalue weighted by Crippen LogP contribution is -1.96. The minimum absolute atomic E-state index is 0.302. The molecule has 1 aromatic carbocycles. The molecule has 0 aliphatic rings. The van der Waals surface area contributed by atoms with Crippen molar-refractivity contribution in [2.24, 2.45) is 0 Å². The van der Waals surface area contributed by atoms with Gasteiger partial charge in [0.05, 0.1) is 19.2 Å². The molecule has 5 nitrogen and oxygen atoms in total. The second-order valence-corrected chi connectivity index (χ2v) is 4.02. The number of halogens is 1. The van der Waals surface area contributed by atoms with Gasteiger partial charge in [0.1, 0.15) is 5.69 Å². The van der Waals surface area contributed by atoms with E-state index in [4.69, 9.17) is 21.1 Å². The summed E-state index contributed by atoms with van der Waals surface area (Å²) in [5.74, 6) is 1.32. The summed E-state index contributed by atoms with van der Waals surface area (Å²) in [5.41, 5.74) is 0.947. The van der Waals surface area contributed by atoms with Crippen LogP contribution in [0.5, 0.6) is 11.5 Å². The van der Waals surface area contributed by atoms with Crippen molar-refractivity contribution in [3.05, 3.63) is 35.1 Å². The summed E-state index contributed by atoms with van der Waals surface area (Å²) in [4.78, 5) is 18.9. The lowest BCUT2D eigenvalue weighted by Gasteiger charge is -2.11. The van der Waals surface area contributed by atoms with Gasteiger partial charge < -0.3 is 9.47 Å². The Morgan fingerprint density at radius 2 is 2.05 bits per heavy atom. The van der Waals surface area contributed by atoms with E-state index in [2.05, 4.69) is 9.97 Å². The number of hydrogen-bond acceptors (Lipinski definition) is 5. The largest absolute Gasteiger partial charge is 0.493 e. The van der Waals surface area contributed by atoms with Gasteiger partial charge in [-0.3, -0.25) is 4.79 Å². The molecular weight excluding hydrogens is 268 g/mol. The van der Waals surface area contributed by atoms with Crippen LogP contribution in [-0.4, -0.2) is 30.5 Å². The van der Waals surface area contributed by atoms with Gasteiger partial charge in [-0.15, -0.1) is 0 Å². The van der Waals surface area contributed by atoms with Crippen LogP contribution in [0.3, 0.4) is 0 Å². The summed E-state index contributed by atoms with van der Waals surface area (Å²) in [6.45, 7) is 0. The maximum absolute atomic E-state index is 10.7. The molecule has 0 spiro atoms. The Hall–Kier alpha value is -2.14. The number of methoxy groups -OCH3 is 2. The van der Waals surface area contributed by atoms with Crippen molar-refractivity contribution in [1.82, 2.24) is 9.97 Å². The highest BCUT2D eigenvalue weighted by Gasteiger charge is 2.13. The summed E-state index contributed by atoms with van der Waals surface area (Å²) in [7, 11) is 3.02. The van der Waals surface area contributed by atoms with Crippen LogP contribution >= 0.6 is 11.6 Å². The molecule has 0 saturated carbocycles. The summed E-state index contributed by atoms with van der Waals surface area (Å²) in [6.07, 6.45) is 2.17. The minimum atomic E-state index is 0.302. The molecular formula is C13H11ClN2O3. The second-order valence-electron chi connectivity index (χ2n) is 3.62. The van der Waals surface area contributed by atoms with Crippen LogP contribution in [0.25, 0.3) is 11.4 Å². The maximum atomic E-state index is 10.7. The number of aromatic nitrogens is 2. The fourth-order valence-corrected chi connectivity index (χ4v) is 1.91. The predicted molar refractivity (Wildman–Crippen MR) is 71.0 cm³/mol. The van der Waals surface area contributed by atoms with Gasteiger partial charge in [0.2, 0.25) is 0 Å². The number of carbonyl (C=O) groups excluding carboxylic acids is 1. The first kappa shape index (κ1) is 13.3. The van der Waals surface area contributed by atoms with E-state index in [1.54, 1.807) is 12.1 Å². The monoisotopic (exact) mass is 278 g/mol. The number of ether oxygens (including phenoxy) is 2. The van der Waals surface area contributed by atoms with Gasteiger partial charge in [0.25, 0.3) is 0 Å². The van der Waals surface area contributed by atoms with Gasteiger partial charge >= 0.3 is 0 Å². The topological polar surface area (TPSA) is 61.3 Å². The Morgan fingerprint density at radius 3 is 2.68 bits per heavy atom. The van der Waals surface area contributed by atoms with E-state index < -0.39 is 0 Å². The van der Waals surface area contributed by atoms with Crippen molar-refractivity contribution in [1.29, 1.82) is 0 Å². The van der Waals surface area contributed by atoms with E-state index in [1.165, 1.54) is 26.5 Å². The van der Waals surface area contributed by atoms with Gasteiger partial charge in [-0.05, 0) is 18.2 Å². The van der Waals surface area contributed by atoms with Crippen LogP contribution < -0.4 is 9.47 Å². The van der Waals surface area contributed by atoms with E-state index in [0.29, 0.717) is 39.9 Å². The van der Waals surface area contributed by atoms with Gasteiger partial charge in [0, 0.05) is 11.8 Å². The fraction of sp³-hybridized carbons (Fsp3) is 0.154. The van der Waals surface area contributed by atoms with Crippen molar-refractivity contribution < 1.29 is 14.3 Å². The highest BCUT2D eigenvalue weighted by Crippen LogP contribution is 2.38. The lowest BCUT2D eigenvalue weighted by atomic mass is 10.2. The van der Waals surface area contributed by atoms with Crippen molar-refractivity contribution in [2.45, 2.75) is 0 Å². The second kappa shape index (κ2) is 5.67. The van der Waals surface area contributed by atoms with Crippen molar-refractivity contribution >= 4 is 17.9 Å². The first-order chi connectivity index (χ1) is 9.19. The molecule has 0 atom stereocenters. The predicted octanol–water partition coefficient (Wildman–Crippen LogP) is 2.63. The van der Waals surface area contributed by atoms with Crippen LogP contribution in [0.4, 0.5) is 0 Å². The Kier molecular flexibility index (Phi) is 3.97. The first-order valence-electron chi connectivity index (χ1n) is 5.39. The van der Waals surface area contributed by atoms with E-state index in [-0.39, 0.29) is 0 Å². The Morgan fingerprint density at radius 1 is 1.26 bits per heavy atom. The normalized spacial score (nSPS) is 10.1. The van der Waals surface area contributed by atoms with E-state index in [1.807, 2.05) is 0 Å². The van der Waals surface area contributed by atoms with E-state index >= 15 is 0 Å². The minimum Gasteiger partial charge on any atom is -0.493 e. The van der Waals surface area contributed by atoms with Crippen LogP contribution in [0.2, 0.25) is 5.02 Å². The van der Waals surface area contributed by atoms with Crippen molar-refractivity contribution in [3.8, 4) is 22.9 Å². The van der Waals surface area contributed by atoms with Gasteiger partial charge in [-0.1, -0.05) is 11.6 Å². The lowest BCUT2D eigenvalue weighted by molar-refractivity contribution is 0.111. The Labute approximate surface area is 115 Å². The quantitative estimate of drug-likeness (QED) is 0.805. The van der Waals surface area contributed by atoms with Crippen molar-refractivity contribution in [2.75, 3.05) is 14.2 Å². The van der Waals surface area contributed by atoms with Crippen LogP contribution in [0.15, 0.2) is 24.4 Å². The zero-order valence-corrected chi connectivity index (χ0v) is 11.1. The standard InChI is InChI=1S/C13H11ClN2O3/c1-18-11-6-8(5-10(14)12(11)19-2)13-15-4-3-9(7-17)16-13/h3-7H,1-2H3. The zero-order chi connectivity index (χ0) is 13.8. The Balaban J connectivity index is 2.56. The maximum Gasteiger partial charge on any atom is 0.179 e. The van der Waals surface area contributed by atoms with E-state index in [0.717, 1.165) is 0 Å². The summed E-state index contributed by atoms with van der Waals surface area (Å²) >= 11 is 6.11. The highest BCUT2D eigenvalue weighted by molar-refractivity contribution is 6.32. The molecule has 0 bridgehead atoms. The summed E-state index contributed by atoms with van der Waals surface area (Å²) in [6, 6.07) is 4.89. The molecule has 0 aliphatic heterocycles. The smallest absolute Gasteiger partial charge is 0.179 e. The van der Waals surface area contributed by atoms with Crippen molar-refractivity contribution in [3.63, 3.8) is 0 Å². The van der Waals surface area contributed by atoms with Gasteiger partial charge in [-0.25, -0.2) is 9.97 Å². The van der Waals surface area contributed by atoms with Gasteiger partial charge in [-0.2, -0.15) is 0 Å². The molecule has 19 heavy (non-hydrogen) atoms. The highest BCUT2D eigenvalue weighted by atomic mass is 35.5. The summed E-state index contributed by atoms with van der Waals surface area (Å²) < 4.78 is 10.4. The molecule has 0 unspecified atom stereocenters. The zero-order valence-electron chi connectivity index (χ0n) is 10.4. The molecule has 1 aromatic heterocycles. The number of hydrogen-bond donors (Lipinski definition) is 0.